The van der Waals surface area contributed by atoms with Gasteiger partial charge in [0.2, 0.25) is 16.0 Å². The molecule has 0 radical (unpaired) electrons. The molecule has 1 aromatic carbocycles. The Morgan fingerprint density at radius 1 is 0.857 bits per heavy atom. The van der Waals surface area contributed by atoms with E-state index in [4.69, 9.17) is 0 Å². The Morgan fingerprint density at radius 2 is 1.50 bits per heavy atom. The van der Waals surface area contributed by atoms with Gasteiger partial charge in [0.25, 0.3) is 0 Å². The Bertz CT molecular complexity index is 1050. The van der Waals surface area contributed by atoms with Gasteiger partial charge in [-0.3, -0.25) is 0 Å². The fourth-order valence-electron chi connectivity index (χ4n) is 3.18. The molecule has 3 aromatic rings. The van der Waals surface area contributed by atoms with E-state index >= 15 is 0 Å². The number of aryl methyl sites for hydroxylation is 1. The van der Waals surface area contributed by atoms with Crippen LogP contribution < -0.4 is 4.90 Å². The fraction of sp³-hybridized carbons (Fsp3) is 0.263. The lowest BCUT2D eigenvalue weighted by Crippen LogP contribution is -2.49. The van der Waals surface area contributed by atoms with Crippen molar-refractivity contribution in [1.29, 1.82) is 0 Å². The highest BCUT2D eigenvalue weighted by Crippen LogP contribution is 2.29. The highest BCUT2D eigenvalue weighted by atomic mass is 32.2. The summed E-state index contributed by atoms with van der Waals surface area (Å²) in [7, 11) is -3.65. The summed E-state index contributed by atoms with van der Waals surface area (Å²) < 4.78 is 28.2. The molecule has 8 nitrogen and oxygen atoms in total. The number of benzene rings is 1. The van der Waals surface area contributed by atoms with Gasteiger partial charge in [-0.2, -0.15) is 4.31 Å². The lowest BCUT2D eigenvalue weighted by Gasteiger charge is -2.34. The molecule has 9 heteroatoms. The molecular formula is C19H20N6O2S. The first-order chi connectivity index (χ1) is 13.6. The first-order valence-corrected chi connectivity index (χ1v) is 10.4. The molecule has 1 aliphatic heterocycles. The molecule has 0 bridgehead atoms. The van der Waals surface area contributed by atoms with E-state index in [0.717, 1.165) is 0 Å². The van der Waals surface area contributed by atoms with Crippen molar-refractivity contribution in [3.63, 3.8) is 0 Å². The molecule has 0 unspecified atom stereocenters. The molecule has 0 atom stereocenters. The third kappa shape index (κ3) is 3.58. The van der Waals surface area contributed by atoms with Crippen LogP contribution in [0.1, 0.15) is 5.82 Å². The van der Waals surface area contributed by atoms with Crippen LogP contribution in [-0.2, 0) is 10.0 Å². The van der Waals surface area contributed by atoms with Crippen LogP contribution in [0.3, 0.4) is 0 Å². The van der Waals surface area contributed by atoms with Crippen molar-refractivity contribution in [1.82, 2.24) is 24.2 Å². The Kier molecular flexibility index (Phi) is 5.01. The molecule has 1 fully saturated rings. The Labute approximate surface area is 164 Å². The molecule has 3 heterocycles. The van der Waals surface area contributed by atoms with Gasteiger partial charge in [0.1, 0.15) is 5.82 Å². The Morgan fingerprint density at radius 3 is 2.18 bits per heavy atom. The zero-order valence-corrected chi connectivity index (χ0v) is 16.2. The Balaban J connectivity index is 1.59. The van der Waals surface area contributed by atoms with Crippen molar-refractivity contribution in [2.75, 3.05) is 31.1 Å². The monoisotopic (exact) mass is 396 g/mol. The fourth-order valence-corrected chi connectivity index (χ4v) is 4.82. The SMILES string of the molecule is Cc1ncc(-c2ccccc2S(=O)(=O)N2CCN(c3ncccn3)CC2)cn1. The van der Waals surface area contributed by atoms with E-state index < -0.39 is 10.0 Å². The number of aromatic nitrogens is 4. The molecule has 0 amide bonds. The molecule has 28 heavy (non-hydrogen) atoms. The molecule has 1 aliphatic rings. The molecule has 4 rings (SSSR count). The minimum atomic E-state index is -3.65. The van der Waals surface area contributed by atoms with E-state index in [2.05, 4.69) is 19.9 Å². The third-order valence-electron chi connectivity index (χ3n) is 4.67. The van der Waals surface area contributed by atoms with Crippen LogP contribution in [0, 0.1) is 6.92 Å². The second-order valence-corrected chi connectivity index (χ2v) is 8.36. The average Bonchev–Trinajstić information content (AvgIpc) is 2.75. The van der Waals surface area contributed by atoms with Crippen molar-refractivity contribution in [2.24, 2.45) is 0 Å². The van der Waals surface area contributed by atoms with Crippen LogP contribution in [0.5, 0.6) is 0 Å². The summed E-state index contributed by atoms with van der Waals surface area (Å²) in [5.74, 6) is 1.26. The quantitative estimate of drug-likeness (QED) is 0.663. The van der Waals surface area contributed by atoms with Crippen molar-refractivity contribution in [3.8, 4) is 11.1 Å². The maximum Gasteiger partial charge on any atom is 0.243 e. The van der Waals surface area contributed by atoms with Gasteiger partial charge in [-0.15, -0.1) is 0 Å². The van der Waals surface area contributed by atoms with Gasteiger partial charge in [-0.05, 0) is 19.1 Å². The van der Waals surface area contributed by atoms with Crippen LogP contribution in [0.25, 0.3) is 11.1 Å². The molecule has 1 saturated heterocycles. The number of hydrogen-bond donors (Lipinski definition) is 0. The van der Waals surface area contributed by atoms with Crippen molar-refractivity contribution in [3.05, 3.63) is 60.9 Å². The number of hydrogen-bond acceptors (Lipinski definition) is 7. The summed E-state index contributed by atoms with van der Waals surface area (Å²) in [5, 5.41) is 0. The van der Waals surface area contributed by atoms with Crippen molar-refractivity contribution >= 4 is 16.0 Å². The molecule has 0 aliphatic carbocycles. The predicted molar refractivity (Wildman–Crippen MR) is 105 cm³/mol. The van der Waals surface area contributed by atoms with E-state index in [9.17, 15) is 8.42 Å². The van der Waals surface area contributed by atoms with Crippen molar-refractivity contribution in [2.45, 2.75) is 11.8 Å². The number of anilines is 1. The highest BCUT2D eigenvalue weighted by Gasteiger charge is 2.31. The number of rotatable bonds is 4. The van der Waals surface area contributed by atoms with Crippen LogP contribution in [-0.4, -0.2) is 58.8 Å². The zero-order chi connectivity index (χ0) is 19.6. The van der Waals surface area contributed by atoms with Gasteiger partial charge in [-0.25, -0.2) is 28.4 Å². The summed E-state index contributed by atoms with van der Waals surface area (Å²) in [5.41, 5.74) is 1.29. The normalized spacial score (nSPS) is 15.5. The average molecular weight is 396 g/mol. The van der Waals surface area contributed by atoms with Gasteiger partial charge in [0.15, 0.2) is 0 Å². The Hall–Kier alpha value is -2.91. The summed E-state index contributed by atoms with van der Waals surface area (Å²) >= 11 is 0. The minimum Gasteiger partial charge on any atom is -0.338 e. The van der Waals surface area contributed by atoms with Gasteiger partial charge in [0.05, 0.1) is 4.90 Å². The van der Waals surface area contributed by atoms with E-state index in [-0.39, 0.29) is 4.90 Å². The molecule has 0 N–H and O–H groups in total. The van der Waals surface area contributed by atoms with Gasteiger partial charge < -0.3 is 4.90 Å². The standard InChI is InChI=1S/C19H20N6O2S/c1-15-22-13-16(14-23-15)17-5-2-3-6-18(17)28(26,27)25-11-9-24(10-12-25)19-20-7-4-8-21-19/h2-8,13-14H,9-12H2,1H3. The van der Waals surface area contributed by atoms with Gasteiger partial charge in [-0.1, -0.05) is 18.2 Å². The summed E-state index contributed by atoms with van der Waals surface area (Å²) in [4.78, 5) is 19.1. The molecule has 144 valence electrons. The molecule has 0 saturated carbocycles. The largest absolute Gasteiger partial charge is 0.338 e. The second-order valence-electron chi connectivity index (χ2n) is 6.46. The van der Waals surface area contributed by atoms with Crippen LogP contribution in [0.2, 0.25) is 0 Å². The van der Waals surface area contributed by atoms with Gasteiger partial charge in [0, 0.05) is 62.1 Å². The molecule has 0 spiro atoms. The van der Waals surface area contributed by atoms with E-state index in [1.54, 1.807) is 56.0 Å². The highest BCUT2D eigenvalue weighted by molar-refractivity contribution is 7.89. The van der Waals surface area contributed by atoms with Crippen molar-refractivity contribution < 1.29 is 8.42 Å². The smallest absolute Gasteiger partial charge is 0.243 e. The molecule has 2 aromatic heterocycles. The van der Waals surface area contributed by atoms with Gasteiger partial charge >= 0.3 is 0 Å². The number of sulfonamides is 1. The van der Waals surface area contributed by atoms with Crippen LogP contribution >= 0.6 is 0 Å². The van der Waals surface area contributed by atoms with E-state index in [0.29, 0.717) is 49.1 Å². The topological polar surface area (TPSA) is 92.2 Å². The minimum absolute atomic E-state index is 0.270. The summed E-state index contributed by atoms with van der Waals surface area (Å²) in [6.45, 7) is 3.62. The first-order valence-electron chi connectivity index (χ1n) is 8.96. The maximum atomic E-state index is 13.3. The third-order valence-corrected chi connectivity index (χ3v) is 6.63. The molecular weight excluding hydrogens is 376 g/mol. The zero-order valence-electron chi connectivity index (χ0n) is 15.4. The second kappa shape index (κ2) is 7.61. The lowest BCUT2D eigenvalue weighted by atomic mass is 10.1. The van der Waals surface area contributed by atoms with E-state index in [1.165, 1.54) is 4.31 Å². The van der Waals surface area contributed by atoms with Crippen LogP contribution in [0.4, 0.5) is 5.95 Å². The van der Waals surface area contributed by atoms with E-state index in [1.807, 2.05) is 11.0 Å². The summed E-state index contributed by atoms with van der Waals surface area (Å²) in [6.07, 6.45) is 6.68. The first kappa shape index (κ1) is 18.5. The maximum absolute atomic E-state index is 13.3. The predicted octanol–water partition coefficient (Wildman–Crippen LogP) is 1.75. The summed E-state index contributed by atoms with van der Waals surface area (Å²) in [6, 6.07) is 8.74. The lowest BCUT2D eigenvalue weighted by molar-refractivity contribution is 0.382. The van der Waals surface area contributed by atoms with Crippen LogP contribution in [0.15, 0.2) is 60.0 Å². The number of piperazine rings is 1. The number of nitrogens with zero attached hydrogens (tertiary/aromatic N) is 6.